The lowest BCUT2D eigenvalue weighted by atomic mass is 9.91. The molecule has 224 valence electrons. The number of carbonyl (C=O) groups is 4. The van der Waals surface area contributed by atoms with Gasteiger partial charge in [-0.15, -0.1) is 0 Å². The van der Waals surface area contributed by atoms with Crippen LogP contribution in [0.2, 0.25) is 0 Å². The van der Waals surface area contributed by atoms with Crippen LogP contribution in [0.5, 0.6) is 0 Å². The number of carbonyl (C=O) groups excluding carboxylic acids is 4. The number of hydrogen-bond donors (Lipinski definition) is 4. The van der Waals surface area contributed by atoms with Crippen molar-refractivity contribution in [3.63, 3.8) is 0 Å². The smallest absolute Gasteiger partial charge is 0.422 e. The van der Waals surface area contributed by atoms with Crippen molar-refractivity contribution in [3.8, 4) is 0 Å². The summed E-state index contributed by atoms with van der Waals surface area (Å²) in [7, 11) is 0. The first kappa shape index (κ1) is 31.7. The molecule has 1 aliphatic carbocycles. The zero-order valence-corrected chi connectivity index (χ0v) is 21.8. The normalized spacial score (nSPS) is 21.8. The molecule has 2 amide bonds. The number of alkyl halides is 3. The average molecular weight is 587 g/mol. The molecule has 1 heterocycles. The molecule has 1 aromatic carbocycles. The largest absolute Gasteiger partial charge is 0.456 e. The van der Waals surface area contributed by atoms with Gasteiger partial charge in [-0.2, -0.15) is 13.2 Å². The Balaban J connectivity index is 1.67. The lowest BCUT2D eigenvalue weighted by molar-refractivity contribution is -0.182. The number of nitrogens with one attached hydrogen (secondary N) is 2. The van der Waals surface area contributed by atoms with E-state index in [0.29, 0.717) is 5.56 Å². The Morgan fingerprint density at radius 1 is 1.22 bits per heavy atom. The Bertz CT molecular complexity index is 1180. The lowest BCUT2D eigenvalue weighted by Crippen LogP contribution is -2.54. The van der Waals surface area contributed by atoms with Gasteiger partial charge in [-0.25, -0.2) is 9.59 Å². The molecule has 4 N–H and O–H groups in total. The first-order valence-corrected chi connectivity index (χ1v) is 12.4. The van der Waals surface area contributed by atoms with Crippen LogP contribution in [0, 0.1) is 0 Å². The van der Waals surface area contributed by atoms with Crippen molar-refractivity contribution in [2.24, 2.45) is 0 Å². The zero-order chi connectivity index (χ0) is 30.2. The number of aliphatic hydroxyl groups excluding tert-OH is 2. The number of amides is 2. The topological polar surface area (TPSA) is 170 Å². The van der Waals surface area contributed by atoms with Gasteiger partial charge in [0.25, 0.3) is 0 Å². The molecule has 1 aromatic rings. The Kier molecular flexibility index (Phi) is 11.0. The highest BCUT2D eigenvalue weighted by Gasteiger charge is 2.43. The van der Waals surface area contributed by atoms with Gasteiger partial charge in [-0.1, -0.05) is 12.1 Å². The van der Waals surface area contributed by atoms with Crippen molar-refractivity contribution < 1.29 is 61.5 Å². The molecule has 12 nitrogen and oxygen atoms in total. The molecule has 2 aliphatic rings. The van der Waals surface area contributed by atoms with E-state index in [2.05, 4.69) is 15.4 Å². The van der Waals surface area contributed by atoms with Crippen molar-refractivity contribution >= 4 is 29.8 Å². The molecule has 41 heavy (non-hydrogen) atoms. The van der Waals surface area contributed by atoms with E-state index in [1.807, 2.05) is 0 Å². The predicted octanol–water partition coefficient (Wildman–Crippen LogP) is 0.376. The second-order valence-electron chi connectivity index (χ2n) is 9.11. The molecule has 0 saturated carbocycles. The van der Waals surface area contributed by atoms with E-state index in [1.165, 1.54) is 43.3 Å². The Labute approximate surface area is 232 Å². The number of rotatable bonds is 11. The SMILES string of the molecule is C[C@H](O)[C@@H](NC(=O)C1=C[C@H]2OCO[C@H]2[C@H](OC(=O)c2cccc(C=CC(=O)OCC(F)(F)F)c2)C1)C(=O)NCCO. The fourth-order valence-corrected chi connectivity index (χ4v) is 3.99. The summed E-state index contributed by atoms with van der Waals surface area (Å²) in [5, 5.41) is 23.7. The van der Waals surface area contributed by atoms with Crippen LogP contribution in [0.3, 0.4) is 0 Å². The maximum Gasteiger partial charge on any atom is 0.422 e. The first-order valence-electron chi connectivity index (χ1n) is 12.4. The highest BCUT2D eigenvalue weighted by Crippen LogP contribution is 2.31. The van der Waals surface area contributed by atoms with Crippen molar-refractivity contribution in [1.29, 1.82) is 0 Å². The molecule has 1 fully saturated rings. The fourth-order valence-electron chi connectivity index (χ4n) is 3.99. The number of ether oxygens (including phenoxy) is 4. The summed E-state index contributed by atoms with van der Waals surface area (Å²) in [6.45, 7) is -0.963. The highest BCUT2D eigenvalue weighted by molar-refractivity contribution is 5.97. The standard InChI is InChI=1S/C26H29F3N2O10/c1-14(33)21(24(36)30-7-8-32)31-23(35)17-10-18-22(40-13-39-18)19(11-17)41-25(37)16-4-2-3-15(9-16)5-6-20(34)38-12-26(27,28)29/h2-6,9-10,14,18-19,21-22,32-33H,7-8,11-13H2,1H3,(H,30,36)(H,31,35)/t14-,18+,19+,21+,22+/m0/s1. The summed E-state index contributed by atoms with van der Waals surface area (Å²) in [6, 6.07) is 4.39. The van der Waals surface area contributed by atoms with E-state index in [9.17, 15) is 37.5 Å². The molecule has 0 radical (unpaired) electrons. The van der Waals surface area contributed by atoms with Crippen molar-refractivity contribution in [2.75, 3.05) is 26.6 Å². The molecule has 0 bridgehead atoms. The van der Waals surface area contributed by atoms with Gasteiger partial charge in [0.2, 0.25) is 11.8 Å². The summed E-state index contributed by atoms with van der Waals surface area (Å²) in [5.41, 5.74) is 0.458. The maximum absolute atomic E-state index is 13.0. The maximum atomic E-state index is 13.0. The summed E-state index contributed by atoms with van der Waals surface area (Å²) in [5.74, 6) is -3.45. The van der Waals surface area contributed by atoms with Crippen LogP contribution < -0.4 is 10.6 Å². The molecule has 5 atom stereocenters. The van der Waals surface area contributed by atoms with E-state index < -0.39 is 67.0 Å². The van der Waals surface area contributed by atoms with Gasteiger partial charge in [-0.3, -0.25) is 9.59 Å². The minimum atomic E-state index is -4.66. The number of halogens is 3. The van der Waals surface area contributed by atoms with Crippen LogP contribution in [0.4, 0.5) is 13.2 Å². The number of hydrogen-bond acceptors (Lipinski definition) is 10. The van der Waals surface area contributed by atoms with E-state index in [4.69, 9.17) is 19.3 Å². The number of aliphatic hydroxyl groups is 2. The summed E-state index contributed by atoms with van der Waals surface area (Å²) in [6.07, 6.45) is -5.07. The number of esters is 2. The first-order chi connectivity index (χ1) is 19.4. The molecule has 0 aromatic heterocycles. The molecular weight excluding hydrogens is 557 g/mol. The van der Waals surface area contributed by atoms with Crippen LogP contribution >= 0.6 is 0 Å². The van der Waals surface area contributed by atoms with Gasteiger partial charge in [-0.05, 0) is 36.8 Å². The molecule has 0 unspecified atom stereocenters. The van der Waals surface area contributed by atoms with Crippen LogP contribution in [-0.4, -0.2) is 97.2 Å². The van der Waals surface area contributed by atoms with Crippen LogP contribution in [0.15, 0.2) is 42.0 Å². The fraction of sp³-hybridized carbons (Fsp3) is 0.462. The lowest BCUT2D eigenvalue weighted by Gasteiger charge is -2.31. The van der Waals surface area contributed by atoms with Crippen molar-refractivity contribution in [3.05, 3.63) is 53.1 Å². The average Bonchev–Trinajstić information content (AvgIpc) is 3.41. The Morgan fingerprint density at radius 2 is 1.98 bits per heavy atom. The highest BCUT2D eigenvalue weighted by atomic mass is 19.4. The minimum Gasteiger partial charge on any atom is -0.456 e. The van der Waals surface area contributed by atoms with Crippen molar-refractivity contribution in [2.45, 2.75) is 50.0 Å². The molecular formula is C26H29F3N2O10. The van der Waals surface area contributed by atoms with E-state index >= 15 is 0 Å². The van der Waals surface area contributed by atoms with E-state index in [1.54, 1.807) is 0 Å². The summed E-state index contributed by atoms with van der Waals surface area (Å²) in [4.78, 5) is 49.7. The Morgan fingerprint density at radius 3 is 2.66 bits per heavy atom. The molecule has 15 heteroatoms. The van der Waals surface area contributed by atoms with Crippen LogP contribution in [0.25, 0.3) is 6.08 Å². The van der Waals surface area contributed by atoms with Gasteiger partial charge in [0.05, 0.1) is 18.3 Å². The third-order valence-electron chi connectivity index (χ3n) is 5.92. The summed E-state index contributed by atoms with van der Waals surface area (Å²) < 4.78 is 57.3. The van der Waals surface area contributed by atoms with Gasteiger partial charge in [0.15, 0.2) is 6.61 Å². The van der Waals surface area contributed by atoms with Crippen LogP contribution in [-0.2, 0) is 33.3 Å². The number of fused-ring (bicyclic) bond motifs is 1. The Hall–Kier alpha value is -3.79. The molecule has 0 spiro atoms. The summed E-state index contributed by atoms with van der Waals surface area (Å²) >= 11 is 0. The van der Waals surface area contributed by atoms with E-state index in [0.717, 1.165) is 6.08 Å². The van der Waals surface area contributed by atoms with Gasteiger partial charge < -0.3 is 39.8 Å². The van der Waals surface area contributed by atoms with Gasteiger partial charge in [0, 0.05) is 24.6 Å². The monoisotopic (exact) mass is 586 g/mol. The third kappa shape index (κ3) is 9.38. The second-order valence-corrected chi connectivity index (χ2v) is 9.11. The molecule has 1 saturated heterocycles. The van der Waals surface area contributed by atoms with Gasteiger partial charge >= 0.3 is 18.1 Å². The number of benzene rings is 1. The quantitative estimate of drug-likeness (QED) is 0.210. The third-order valence-corrected chi connectivity index (χ3v) is 5.92. The van der Waals surface area contributed by atoms with Crippen molar-refractivity contribution in [1.82, 2.24) is 10.6 Å². The molecule has 1 aliphatic heterocycles. The predicted molar refractivity (Wildman–Crippen MR) is 133 cm³/mol. The van der Waals surface area contributed by atoms with Gasteiger partial charge in [0.1, 0.15) is 31.1 Å². The zero-order valence-electron chi connectivity index (χ0n) is 21.8. The van der Waals surface area contributed by atoms with Crippen LogP contribution in [0.1, 0.15) is 29.3 Å². The second kappa shape index (κ2) is 14.2. The minimum absolute atomic E-state index is 0.0431. The molecule has 3 rings (SSSR count). The van der Waals surface area contributed by atoms with E-state index in [-0.39, 0.29) is 37.5 Å².